The van der Waals surface area contributed by atoms with Crippen molar-refractivity contribution in [1.82, 2.24) is 0 Å². The van der Waals surface area contributed by atoms with E-state index in [1.807, 2.05) is 12.1 Å². The van der Waals surface area contributed by atoms with Crippen LogP contribution in [0.2, 0.25) is 0 Å². The predicted molar refractivity (Wildman–Crippen MR) is 67.1 cm³/mol. The van der Waals surface area contributed by atoms with Crippen molar-refractivity contribution in [1.29, 1.82) is 0 Å². The van der Waals surface area contributed by atoms with Crippen LogP contribution in [0.25, 0.3) is 0 Å². The molecule has 1 atom stereocenters. The van der Waals surface area contributed by atoms with Crippen LogP contribution in [0, 0.1) is 5.92 Å². The zero-order valence-corrected chi connectivity index (χ0v) is 10.6. The number of aliphatic carboxylic acids is 1. The molecular weight excluding hydrogens is 216 g/mol. The molecule has 0 aromatic heterocycles. The Morgan fingerprint density at radius 2 is 1.65 bits per heavy atom. The number of rotatable bonds is 6. The van der Waals surface area contributed by atoms with Crippen LogP contribution < -0.4 is 0 Å². The average molecular weight is 236 g/mol. The molecule has 1 unspecified atom stereocenters. The Morgan fingerprint density at radius 1 is 1.18 bits per heavy atom. The van der Waals surface area contributed by atoms with Crippen LogP contribution >= 0.6 is 0 Å². The maximum absolute atomic E-state index is 10.8. The second-order valence-corrected chi connectivity index (χ2v) is 4.68. The maximum Gasteiger partial charge on any atom is 0.333 e. The Morgan fingerprint density at radius 3 is 2.00 bits per heavy atom. The monoisotopic (exact) mass is 236 g/mol. The molecule has 0 fully saturated rings. The Kier molecular flexibility index (Phi) is 5.16. The summed E-state index contributed by atoms with van der Waals surface area (Å²) in [6.45, 7) is 4.36. The highest BCUT2D eigenvalue weighted by Crippen LogP contribution is 2.12. The fourth-order valence-electron chi connectivity index (χ4n) is 1.77. The molecule has 0 amide bonds. The first-order valence-corrected chi connectivity index (χ1v) is 5.86. The predicted octanol–water partition coefficient (Wildman–Crippen LogP) is 2.53. The van der Waals surface area contributed by atoms with Gasteiger partial charge in [0.05, 0.1) is 0 Å². The summed E-state index contributed by atoms with van der Waals surface area (Å²) in [6.07, 6.45) is 0.701. The summed E-state index contributed by atoms with van der Waals surface area (Å²) < 4.78 is 4.91. The molecule has 1 aromatic rings. The summed E-state index contributed by atoms with van der Waals surface area (Å²) in [5, 5.41) is 8.88. The van der Waals surface area contributed by atoms with Crippen LogP contribution in [-0.2, 0) is 22.4 Å². The van der Waals surface area contributed by atoms with Crippen molar-refractivity contribution >= 4 is 5.97 Å². The number of hydrogen-bond donors (Lipinski definition) is 1. The first-order valence-electron chi connectivity index (χ1n) is 5.86. The highest BCUT2D eigenvalue weighted by atomic mass is 16.5. The molecule has 1 N–H and O–H groups in total. The van der Waals surface area contributed by atoms with Gasteiger partial charge in [0.2, 0.25) is 0 Å². The molecule has 0 saturated heterocycles. The number of ether oxygens (including phenoxy) is 1. The van der Waals surface area contributed by atoms with Gasteiger partial charge in [-0.15, -0.1) is 0 Å². The van der Waals surface area contributed by atoms with Gasteiger partial charge in [0.1, 0.15) is 0 Å². The molecule has 0 aliphatic rings. The lowest BCUT2D eigenvalue weighted by atomic mass is 10.00. The molecule has 3 heteroatoms. The Bertz CT molecular complexity index is 354. The largest absolute Gasteiger partial charge is 0.479 e. The van der Waals surface area contributed by atoms with Gasteiger partial charge in [-0.05, 0) is 23.5 Å². The Labute approximate surface area is 102 Å². The SMILES string of the molecule is COC(Cc1ccc(CC(C)C)cc1)C(=O)O. The zero-order chi connectivity index (χ0) is 12.8. The molecule has 0 aliphatic carbocycles. The Balaban J connectivity index is 2.64. The summed E-state index contributed by atoms with van der Waals surface area (Å²) in [5.41, 5.74) is 2.28. The van der Waals surface area contributed by atoms with Gasteiger partial charge in [-0.25, -0.2) is 4.79 Å². The maximum atomic E-state index is 10.8. The van der Waals surface area contributed by atoms with E-state index in [0.717, 1.165) is 12.0 Å². The molecule has 3 nitrogen and oxygen atoms in total. The van der Waals surface area contributed by atoms with E-state index in [1.165, 1.54) is 12.7 Å². The van der Waals surface area contributed by atoms with Crippen LogP contribution in [0.1, 0.15) is 25.0 Å². The molecular formula is C14H20O3. The van der Waals surface area contributed by atoms with Gasteiger partial charge in [0.25, 0.3) is 0 Å². The van der Waals surface area contributed by atoms with Crippen molar-refractivity contribution in [3.63, 3.8) is 0 Å². The molecule has 0 radical (unpaired) electrons. The number of benzene rings is 1. The van der Waals surface area contributed by atoms with E-state index >= 15 is 0 Å². The van der Waals surface area contributed by atoms with Crippen molar-refractivity contribution in [2.75, 3.05) is 7.11 Å². The molecule has 1 rings (SSSR count). The van der Waals surface area contributed by atoms with E-state index in [1.54, 1.807) is 0 Å². The number of carbonyl (C=O) groups is 1. The topological polar surface area (TPSA) is 46.5 Å². The number of carboxylic acid groups (broad SMARTS) is 1. The van der Waals surface area contributed by atoms with Crippen LogP contribution in [-0.4, -0.2) is 24.3 Å². The molecule has 0 aliphatic heterocycles. The molecule has 0 bridgehead atoms. The van der Waals surface area contributed by atoms with Crippen LogP contribution in [0.4, 0.5) is 0 Å². The van der Waals surface area contributed by atoms with E-state index in [4.69, 9.17) is 9.84 Å². The van der Waals surface area contributed by atoms with Gasteiger partial charge >= 0.3 is 5.97 Å². The second-order valence-electron chi connectivity index (χ2n) is 4.68. The minimum absolute atomic E-state index is 0.411. The lowest BCUT2D eigenvalue weighted by Crippen LogP contribution is -2.24. The fraction of sp³-hybridized carbons (Fsp3) is 0.500. The minimum Gasteiger partial charge on any atom is -0.479 e. The molecule has 0 spiro atoms. The second kappa shape index (κ2) is 6.40. The average Bonchev–Trinajstić information content (AvgIpc) is 2.26. The highest BCUT2D eigenvalue weighted by Gasteiger charge is 2.16. The number of hydrogen-bond acceptors (Lipinski definition) is 2. The van der Waals surface area contributed by atoms with Crippen LogP contribution in [0.3, 0.4) is 0 Å². The smallest absolute Gasteiger partial charge is 0.333 e. The molecule has 0 saturated carbocycles. The Hall–Kier alpha value is -1.35. The normalized spacial score (nSPS) is 12.7. The van der Waals surface area contributed by atoms with Crippen molar-refractivity contribution in [2.24, 2.45) is 5.92 Å². The summed E-state index contributed by atoms with van der Waals surface area (Å²) in [5.74, 6) is -0.287. The lowest BCUT2D eigenvalue weighted by molar-refractivity contribution is -0.148. The third-order valence-corrected chi connectivity index (χ3v) is 2.65. The number of carboxylic acids is 1. The molecule has 1 aromatic carbocycles. The molecule has 94 valence electrons. The van der Waals surface area contributed by atoms with Crippen LogP contribution in [0.15, 0.2) is 24.3 Å². The van der Waals surface area contributed by atoms with Gasteiger partial charge in [-0.3, -0.25) is 0 Å². The minimum atomic E-state index is -0.918. The third kappa shape index (κ3) is 4.57. The van der Waals surface area contributed by atoms with Crippen molar-refractivity contribution in [3.8, 4) is 0 Å². The lowest BCUT2D eigenvalue weighted by Gasteiger charge is -2.11. The summed E-state index contributed by atoms with van der Waals surface area (Å²) in [7, 11) is 1.42. The summed E-state index contributed by atoms with van der Waals surface area (Å²) >= 11 is 0. The molecule has 0 heterocycles. The van der Waals surface area contributed by atoms with Crippen LogP contribution in [0.5, 0.6) is 0 Å². The van der Waals surface area contributed by atoms with Gasteiger partial charge in [-0.1, -0.05) is 38.1 Å². The highest BCUT2D eigenvalue weighted by molar-refractivity contribution is 5.72. The van der Waals surface area contributed by atoms with Crippen molar-refractivity contribution in [3.05, 3.63) is 35.4 Å². The fourth-order valence-corrected chi connectivity index (χ4v) is 1.77. The van der Waals surface area contributed by atoms with Gasteiger partial charge < -0.3 is 9.84 Å². The van der Waals surface area contributed by atoms with E-state index in [2.05, 4.69) is 26.0 Å². The van der Waals surface area contributed by atoms with Gasteiger partial charge in [0.15, 0.2) is 6.10 Å². The standard InChI is InChI=1S/C14H20O3/c1-10(2)8-11-4-6-12(7-5-11)9-13(17-3)14(15)16/h4-7,10,13H,8-9H2,1-3H3,(H,15,16). The first-order chi connectivity index (χ1) is 8.02. The summed E-state index contributed by atoms with van der Waals surface area (Å²) in [6, 6.07) is 8.08. The quantitative estimate of drug-likeness (QED) is 0.825. The van der Waals surface area contributed by atoms with Crippen molar-refractivity contribution < 1.29 is 14.6 Å². The van der Waals surface area contributed by atoms with Gasteiger partial charge in [0, 0.05) is 13.5 Å². The van der Waals surface area contributed by atoms with E-state index in [-0.39, 0.29) is 0 Å². The molecule has 17 heavy (non-hydrogen) atoms. The number of methoxy groups -OCH3 is 1. The third-order valence-electron chi connectivity index (χ3n) is 2.65. The first kappa shape index (κ1) is 13.7. The summed E-state index contributed by atoms with van der Waals surface area (Å²) in [4.78, 5) is 10.8. The zero-order valence-electron chi connectivity index (χ0n) is 10.6. The van der Waals surface area contributed by atoms with E-state index < -0.39 is 12.1 Å². The van der Waals surface area contributed by atoms with E-state index in [0.29, 0.717) is 12.3 Å². The van der Waals surface area contributed by atoms with Gasteiger partial charge in [-0.2, -0.15) is 0 Å². The van der Waals surface area contributed by atoms with E-state index in [9.17, 15) is 4.79 Å². The van der Waals surface area contributed by atoms with Crippen molar-refractivity contribution in [2.45, 2.75) is 32.8 Å².